The number of rotatable bonds is 20. The first-order valence-electron chi connectivity index (χ1n) is 11.9. The van der Waals surface area contributed by atoms with Crippen molar-refractivity contribution < 1.29 is 4.43 Å². The molecule has 0 aliphatic heterocycles. The van der Waals surface area contributed by atoms with Gasteiger partial charge in [0.05, 0.1) is 0 Å². The highest BCUT2D eigenvalue weighted by Crippen LogP contribution is 2.03. The molecule has 1 N–H and O–H groups in total. The molecule has 27 heavy (non-hydrogen) atoms. The van der Waals surface area contributed by atoms with Gasteiger partial charge in [0.25, 0.3) is 0 Å². The van der Waals surface area contributed by atoms with Gasteiger partial charge in [-0.2, -0.15) is 0 Å². The van der Waals surface area contributed by atoms with Crippen LogP contribution < -0.4 is 5.32 Å². The van der Waals surface area contributed by atoms with E-state index in [1.807, 2.05) is 0 Å². The lowest BCUT2D eigenvalue weighted by Crippen LogP contribution is -2.34. The van der Waals surface area contributed by atoms with Crippen molar-refractivity contribution in [3.63, 3.8) is 0 Å². The van der Waals surface area contributed by atoms with E-state index in [0.29, 0.717) is 12.1 Å². The lowest BCUT2D eigenvalue weighted by atomic mass is 10.1. The van der Waals surface area contributed by atoms with Crippen molar-refractivity contribution in [2.45, 2.75) is 98.3 Å². The Kier molecular flexibility index (Phi) is 19.4. The highest BCUT2D eigenvalue weighted by atomic mass is 28.2. The van der Waals surface area contributed by atoms with Crippen LogP contribution in [-0.4, -0.2) is 77.5 Å². The smallest absolute Gasteiger partial charge is 0.161 e. The van der Waals surface area contributed by atoms with Gasteiger partial charge in [0, 0.05) is 12.1 Å². The molecule has 0 atom stereocenters. The zero-order valence-corrected chi connectivity index (χ0v) is 21.0. The summed E-state index contributed by atoms with van der Waals surface area (Å²) in [6.45, 7) is 22.0. The lowest BCUT2D eigenvalue weighted by molar-refractivity contribution is 0.226. The molecule has 0 rings (SSSR count). The molecule has 0 aliphatic rings. The molecule has 0 aromatic heterocycles. The highest BCUT2D eigenvalue weighted by Gasteiger charge is 2.08. The van der Waals surface area contributed by atoms with E-state index in [1.54, 1.807) is 0 Å². The maximum absolute atomic E-state index is 5.83. The van der Waals surface area contributed by atoms with Crippen LogP contribution in [0, 0.1) is 0 Å². The normalized spacial score (nSPS) is 12.7. The predicted molar refractivity (Wildman–Crippen MR) is 125 cm³/mol. The third kappa shape index (κ3) is 16.7. The zero-order valence-electron chi connectivity index (χ0n) is 19.6. The molecular formula is C22H51N3OSi. The van der Waals surface area contributed by atoms with Gasteiger partial charge in [-0.25, -0.2) is 0 Å². The molecule has 0 spiro atoms. The van der Waals surface area contributed by atoms with Crippen LogP contribution in [0.15, 0.2) is 0 Å². The highest BCUT2D eigenvalue weighted by molar-refractivity contribution is 6.27. The van der Waals surface area contributed by atoms with Crippen molar-refractivity contribution in [1.82, 2.24) is 15.1 Å². The van der Waals surface area contributed by atoms with Gasteiger partial charge in [0.2, 0.25) is 0 Å². The average molecular weight is 402 g/mol. The Bertz CT molecular complexity index is 301. The summed E-state index contributed by atoms with van der Waals surface area (Å²) in [4.78, 5) is 5.30. The van der Waals surface area contributed by atoms with Crippen molar-refractivity contribution in [3.05, 3.63) is 0 Å². The van der Waals surface area contributed by atoms with E-state index in [1.165, 1.54) is 83.8 Å². The molecule has 0 aliphatic carbocycles. The second kappa shape index (κ2) is 19.4. The third-order valence-electron chi connectivity index (χ3n) is 5.33. The quantitative estimate of drug-likeness (QED) is 0.247. The molecule has 5 heteroatoms. The summed E-state index contributed by atoms with van der Waals surface area (Å²) in [6.07, 6.45) is 8.04. The molecule has 0 bridgehead atoms. The molecule has 0 fully saturated rings. The van der Waals surface area contributed by atoms with Crippen LogP contribution in [0.5, 0.6) is 0 Å². The van der Waals surface area contributed by atoms with Crippen molar-refractivity contribution >= 4 is 9.76 Å². The van der Waals surface area contributed by atoms with E-state index < -0.39 is 0 Å². The Morgan fingerprint density at radius 2 is 1.44 bits per heavy atom. The van der Waals surface area contributed by atoms with Crippen LogP contribution in [-0.2, 0) is 4.43 Å². The molecule has 4 nitrogen and oxygen atoms in total. The Hall–Kier alpha value is 0.0569. The summed E-state index contributed by atoms with van der Waals surface area (Å²) < 4.78 is 5.83. The lowest BCUT2D eigenvalue weighted by Gasteiger charge is -2.25. The maximum atomic E-state index is 5.83. The Labute approximate surface area is 173 Å². The molecular weight excluding hydrogens is 350 g/mol. The number of nitrogens with zero attached hydrogens (tertiary/aromatic N) is 2. The Balaban J connectivity index is 4.15. The zero-order chi connectivity index (χ0) is 20.3. The summed E-state index contributed by atoms with van der Waals surface area (Å²) >= 11 is 0. The standard InChI is InChI=1S/C22H51N3OSi/c1-7-15-24(10-4)17-12-18-25(19-13-20-27-26-21(5)6)16-11-14-23-22(8-2)9-3/h21-23H,7-20,27H2,1-6H3. The SMILES string of the molecule is CCCN(CC)CCCN(CCCNC(CC)CC)CCC[SiH2]OC(C)C. The number of hydrogen-bond acceptors (Lipinski definition) is 4. The minimum atomic E-state index is -0.310. The molecule has 0 saturated heterocycles. The largest absolute Gasteiger partial charge is 0.422 e. The molecule has 0 radical (unpaired) electrons. The summed E-state index contributed by atoms with van der Waals surface area (Å²) in [5, 5.41) is 3.72. The van der Waals surface area contributed by atoms with E-state index in [0.717, 1.165) is 6.54 Å². The van der Waals surface area contributed by atoms with E-state index in [-0.39, 0.29) is 9.76 Å². The van der Waals surface area contributed by atoms with Gasteiger partial charge < -0.3 is 19.5 Å². The van der Waals surface area contributed by atoms with Gasteiger partial charge in [-0.1, -0.05) is 27.7 Å². The molecule has 0 aromatic carbocycles. The minimum absolute atomic E-state index is 0.310. The van der Waals surface area contributed by atoms with Gasteiger partial charge in [-0.05, 0) is 104 Å². The van der Waals surface area contributed by atoms with Crippen LogP contribution in [0.2, 0.25) is 6.04 Å². The van der Waals surface area contributed by atoms with Crippen LogP contribution in [0.3, 0.4) is 0 Å². The van der Waals surface area contributed by atoms with Crippen molar-refractivity contribution in [1.29, 1.82) is 0 Å². The Morgan fingerprint density at radius 1 is 0.815 bits per heavy atom. The molecule has 0 unspecified atom stereocenters. The topological polar surface area (TPSA) is 27.7 Å². The Morgan fingerprint density at radius 3 is 2.04 bits per heavy atom. The molecule has 0 amide bonds. The molecule has 0 aromatic rings. The minimum Gasteiger partial charge on any atom is -0.422 e. The van der Waals surface area contributed by atoms with Gasteiger partial charge in [-0.15, -0.1) is 0 Å². The van der Waals surface area contributed by atoms with E-state index in [2.05, 4.69) is 56.7 Å². The summed E-state index contributed by atoms with van der Waals surface area (Å²) in [5.74, 6) is 0. The fourth-order valence-corrected chi connectivity index (χ4v) is 4.61. The fourth-order valence-electron chi connectivity index (χ4n) is 3.54. The summed E-state index contributed by atoms with van der Waals surface area (Å²) in [5.41, 5.74) is 0. The van der Waals surface area contributed by atoms with Gasteiger partial charge in [0.15, 0.2) is 9.76 Å². The molecule has 0 saturated carbocycles. The number of hydrogen-bond donors (Lipinski definition) is 1. The van der Waals surface area contributed by atoms with Crippen LogP contribution >= 0.6 is 0 Å². The van der Waals surface area contributed by atoms with Gasteiger partial charge in [0.1, 0.15) is 0 Å². The van der Waals surface area contributed by atoms with Crippen LogP contribution in [0.1, 0.15) is 80.1 Å². The monoisotopic (exact) mass is 401 g/mol. The van der Waals surface area contributed by atoms with Crippen LogP contribution in [0.4, 0.5) is 0 Å². The summed E-state index contributed by atoms with van der Waals surface area (Å²) in [6, 6.07) is 2.02. The van der Waals surface area contributed by atoms with E-state index in [9.17, 15) is 0 Å². The fraction of sp³-hybridized carbons (Fsp3) is 1.00. The second-order valence-electron chi connectivity index (χ2n) is 8.08. The second-order valence-corrected chi connectivity index (χ2v) is 9.53. The van der Waals surface area contributed by atoms with E-state index >= 15 is 0 Å². The number of nitrogens with one attached hydrogen (secondary N) is 1. The molecule has 164 valence electrons. The first-order valence-corrected chi connectivity index (χ1v) is 13.4. The van der Waals surface area contributed by atoms with Crippen molar-refractivity contribution in [2.75, 3.05) is 45.8 Å². The van der Waals surface area contributed by atoms with Crippen LogP contribution in [0.25, 0.3) is 0 Å². The third-order valence-corrected chi connectivity index (χ3v) is 7.02. The maximum Gasteiger partial charge on any atom is 0.161 e. The predicted octanol–water partition coefficient (Wildman–Crippen LogP) is 3.90. The first kappa shape index (κ1) is 27.1. The summed E-state index contributed by atoms with van der Waals surface area (Å²) in [7, 11) is -0.310. The van der Waals surface area contributed by atoms with Gasteiger partial charge in [-0.3, -0.25) is 0 Å². The van der Waals surface area contributed by atoms with Crippen molar-refractivity contribution in [2.24, 2.45) is 0 Å². The van der Waals surface area contributed by atoms with E-state index in [4.69, 9.17) is 4.43 Å². The molecule has 0 heterocycles. The average Bonchev–Trinajstić information content (AvgIpc) is 2.66. The first-order chi connectivity index (χ1) is 13.1. The van der Waals surface area contributed by atoms with Crippen molar-refractivity contribution in [3.8, 4) is 0 Å². The van der Waals surface area contributed by atoms with Gasteiger partial charge >= 0.3 is 0 Å².